The van der Waals surface area contributed by atoms with Crippen LogP contribution in [0.2, 0.25) is 0 Å². The van der Waals surface area contributed by atoms with Gasteiger partial charge in [-0.1, -0.05) is 40.2 Å². The van der Waals surface area contributed by atoms with Crippen LogP contribution in [0.25, 0.3) is 0 Å². The summed E-state index contributed by atoms with van der Waals surface area (Å²) in [6, 6.07) is 11.4. The number of hydrogen-bond acceptors (Lipinski definition) is 1. The quantitative estimate of drug-likeness (QED) is 0.720. The van der Waals surface area contributed by atoms with Gasteiger partial charge in [-0.15, -0.1) is 0 Å². The Morgan fingerprint density at radius 2 is 1.60 bits per heavy atom. The van der Waals surface area contributed by atoms with Gasteiger partial charge in [-0.3, -0.25) is 0 Å². The molecule has 2 aromatic rings. The number of alkyl halides is 1. The van der Waals surface area contributed by atoms with E-state index in [2.05, 4.69) is 15.9 Å². The minimum absolute atomic E-state index is 0.232. The van der Waals surface area contributed by atoms with E-state index in [1.807, 2.05) is 24.3 Å². The zero-order valence-electron chi connectivity index (χ0n) is 11.1. The van der Waals surface area contributed by atoms with Crippen LogP contribution in [0.1, 0.15) is 21.5 Å². The first-order valence-electron chi connectivity index (χ1n) is 6.28. The highest BCUT2D eigenvalue weighted by atomic mass is 79.9. The van der Waals surface area contributed by atoms with E-state index in [0.29, 0.717) is 12.2 Å². The summed E-state index contributed by atoms with van der Waals surface area (Å²) in [6.07, 6.45) is 0.846. The first-order chi connectivity index (χ1) is 9.60. The van der Waals surface area contributed by atoms with Gasteiger partial charge in [0.2, 0.25) is 0 Å². The van der Waals surface area contributed by atoms with Crippen molar-refractivity contribution >= 4 is 15.9 Å². The highest BCUT2D eigenvalue weighted by molar-refractivity contribution is 9.09. The molecular formula is C16H15BrF2O. The van der Waals surface area contributed by atoms with Gasteiger partial charge in [0, 0.05) is 13.2 Å². The van der Waals surface area contributed by atoms with E-state index in [1.165, 1.54) is 17.7 Å². The van der Waals surface area contributed by atoms with Crippen LogP contribution in [0.4, 0.5) is 8.78 Å². The number of halogens is 3. The number of ether oxygens (including phenoxy) is 1. The second-order valence-corrected chi connectivity index (χ2v) is 5.47. The van der Waals surface area contributed by atoms with Crippen molar-refractivity contribution in [3.63, 3.8) is 0 Å². The molecule has 2 rings (SSSR count). The van der Waals surface area contributed by atoms with Gasteiger partial charge in [-0.2, -0.15) is 0 Å². The maximum absolute atomic E-state index is 13.2. The van der Waals surface area contributed by atoms with Gasteiger partial charge < -0.3 is 4.74 Å². The van der Waals surface area contributed by atoms with Crippen LogP contribution in [0.5, 0.6) is 0 Å². The minimum Gasteiger partial charge on any atom is -0.384 e. The lowest BCUT2D eigenvalue weighted by molar-refractivity contribution is 0.202. The third-order valence-electron chi connectivity index (χ3n) is 3.04. The Kier molecular flexibility index (Phi) is 5.26. The molecule has 0 aliphatic carbocycles. The van der Waals surface area contributed by atoms with Gasteiger partial charge in [0.1, 0.15) is 11.6 Å². The fourth-order valence-electron chi connectivity index (χ4n) is 1.99. The van der Waals surface area contributed by atoms with Crippen molar-refractivity contribution in [3.05, 3.63) is 70.8 Å². The molecular weight excluding hydrogens is 326 g/mol. The fourth-order valence-corrected chi connectivity index (χ4v) is 2.56. The molecule has 1 atom stereocenters. The molecule has 0 saturated heterocycles. The lowest BCUT2D eigenvalue weighted by atomic mass is 10.0. The van der Waals surface area contributed by atoms with Crippen molar-refractivity contribution in [3.8, 4) is 0 Å². The molecule has 106 valence electrons. The molecule has 4 heteroatoms. The lowest BCUT2D eigenvalue weighted by Gasteiger charge is -2.12. The normalized spacial score (nSPS) is 12.4. The third-order valence-corrected chi connectivity index (χ3v) is 4.10. The Morgan fingerprint density at radius 1 is 1.00 bits per heavy atom. The van der Waals surface area contributed by atoms with E-state index in [1.54, 1.807) is 7.11 Å². The van der Waals surface area contributed by atoms with E-state index in [0.717, 1.165) is 18.1 Å². The summed E-state index contributed by atoms with van der Waals surface area (Å²) in [7, 11) is 1.67. The smallest absolute Gasteiger partial charge is 0.126 e. The van der Waals surface area contributed by atoms with Crippen LogP contribution >= 0.6 is 15.9 Å². The zero-order valence-corrected chi connectivity index (χ0v) is 12.7. The number of benzene rings is 2. The maximum Gasteiger partial charge on any atom is 0.126 e. The van der Waals surface area contributed by atoms with Crippen molar-refractivity contribution in [1.29, 1.82) is 0 Å². The number of rotatable bonds is 5. The minimum atomic E-state index is -0.568. The molecule has 0 spiro atoms. The SMILES string of the molecule is COCCc1ccc(C(Br)c2cc(F)cc(F)c2)cc1. The second kappa shape index (κ2) is 6.95. The van der Waals surface area contributed by atoms with Crippen LogP contribution in [0.3, 0.4) is 0 Å². The van der Waals surface area contributed by atoms with Crippen molar-refractivity contribution in [2.45, 2.75) is 11.2 Å². The van der Waals surface area contributed by atoms with Crippen LogP contribution in [-0.4, -0.2) is 13.7 Å². The topological polar surface area (TPSA) is 9.23 Å². The van der Waals surface area contributed by atoms with Crippen LogP contribution in [-0.2, 0) is 11.2 Å². The molecule has 0 bridgehead atoms. The van der Waals surface area contributed by atoms with Gasteiger partial charge in [-0.25, -0.2) is 8.78 Å². The highest BCUT2D eigenvalue weighted by Crippen LogP contribution is 2.31. The molecule has 0 radical (unpaired) electrons. The van der Waals surface area contributed by atoms with E-state index in [9.17, 15) is 8.78 Å². The average molecular weight is 341 g/mol. The molecule has 0 aliphatic rings. The summed E-state index contributed by atoms with van der Waals surface area (Å²) in [5.41, 5.74) is 2.68. The lowest BCUT2D eigenvalue weighted by Crippen LogP contribution is -1.97. The fraction of sp³-hybridized carbons (Fsp3) is 0.250. The largest absolute Gasteiger partial charge is 0.384 e. The Balaban J connectivity index is 2.17. The molecule has 2 aromatic carbocycles. The highest BCUT2D eigenvalue weighted by Gasteiger charge is 2.12. The van der Waals surface area contributed by atoms with Crippen molar-refractivity contribution in [2.75, 3.05) is 13.7 Å². The summed E-state index contributed by atoms with van der Waals surface area (Å²) in [5.74, 6) is -1.14. The molecule has 0 saturated carbocycles. The van der Waals surface area contributed by atoms with E-state index >= 15 is 0 Å². The predicted octanol–water partition coefficient (Wildman–Crippen LogP) is 4.64. The van der Waals surface area contributed by atoms with Crippen molar-refractivity contribution < 1.29 is 13.5 Å². The Morgan fingerprint density at radius 3 is 2.15 bits per heavy atom. The maximum atomic E-state index is 13.2. The monoisotopic (exact) mass is 340 g/mol. The predicted molar refractivity (Wildman–Crippen MR) is 79.2 cm³/mol. The summed E-state index contributed by atoms with van der Waals surface area (Å²) in [4.78, 5) is -0.232. The Hall–Kier alpha value is -1.26. The van der Waals surface area contributed by atoms with Crippen molar-refractivity contribution in [2.24, 2.45) is 0 Å². The van der Waals surface area contributed by atoms with Gasteiger partial charge >= 0.3 is 0 Å². The third kappa shape index (κ3) is 3.87. The summed E-state index contributed by atoms with van der Waals surface area (Å²) in [5, 5.41) is 0. The molecule has 0 aliphatic heterocycles. The molecule has 0 heterocycles. The second-order valence-electron chi connectivity index (χ2n) is 4.55. The summed E-state index contributed by atoms with van der Waals surface area (Å²) >= 11 is 3.48. The van der Waals surface area contributed by atoms with E-state index in [4.69, 9.17) is 4.74 Å². The number of methoxy groups -OCH3 is 1. The molecule has 0 fully saturated rings. The van der Waals surface area contributed by atoms with Gasteiger partial charge in [0.15, 0.2) is 0 Å². The summed E-state index contributed by atoms with van der Waals surface area (Å²) < 4.78 is 31.5. The first kappa shape index (κ1) is 15.1. The Labute approximate surface area is 125 Å². The standard InChI is InChI=1S/C16H15BrF2O/c1-20-7-6-11-2-4-12(5-3-11)16(17)13-8-14(18)10-15(19)9-13/h2-5,8-10,16H,6-7H2,1H3. The Bertz CT molecular complexity index is 549. The molecule has 20 heavy (non-hydrogen) atoms. The molecule has 0 amide bonds. The molecule has 0 N–H and O–H groups in total. The first-order valence-corrected chi connectivity index (χ1v) is 7.19. The average Bonchev–Trinajstić information content (AvgIpc) is 2.44. The molecule has 1 nitrogen and oxygen atoms in total. The molecule has 0 aromatic heterocycles. The van der Waals surface area contributed by atoms with Gasteiger partial charge in [0.05, 0.1) is 11.4 Å². The van der Waals surface area contributed by atoms with Crippen molar-refractivity contribution in [1.82, 2.24) is 0 Å². The van der Waals surface area contributed by atoms with E-state index in [-0.39, 0.29) is 4.83 Å². The van der Waals surface area contributed by atoms with Crippen LogP contribution in [0.15, 0.2) is 42.5 Å². The summed E-state index contributed by atoms with van der Waals surface area (Å²) in [6.45, 7) is 0.673. The van der Waals surface area contributed by atoms with Gasteiger partial charge in [-0.05, 0) is 35.2 Å². The van der Waals surface area contributed by atoms with Crippen LogP contribution in [0, 0.1) is 11.6 Å². The molecule has 1 unspecified atom stereocenters. The van der Waals surface area contributed by atoms with E-state index < -0.39 is 11.6 Å². The van der Waals surface area contributed by atoms with Gasteiger partial charge in [0.25, 0.3) is 0 Å². The van der Waals surface area contributed by atoms with Crippen LogP contribution < -0.4 is 0 Å². The zero-order chi connectivity index (χ0) is 14.5. The number of hydrogen-bond donors (Lipinski definition) is 0.